The van der Waals surface area contributed by atoms with Crippen LogP contribution < -0.4 is 10.6 Å². The number of piperidine rings is 1. The van der Waals surface area contributed by atoms with Crippen molar-refractivity contribution in [3.63, 3.8) is 0 Å². The maximum absolute atomic E-state index is 12.6. The van der Waals surface area contributed by atoms with Gasteiger partial charge in [-0.2, -0.15) is 0 Å². The number of rotatable bonds is 4. The average molecular weight is 355 g/mol. The Hall–Kier alpha value is -2.97. The Morgan fingerprint density at radius 2 is 1.92 bits per heavy atom. The maximum Gasteiger partial charge on any atom is 0.317 e. The Morgan fingerprint density at radius 3 is 2.62 bits per heavy atom. The predicted octanol–water partition coefficient (Wildman–Crippen LogP) is 1.18. The molecule has 0 bridgehead atoms. The number of likely N-dealkylation sites (tertiary alicyclic amines) is 1. The van der Waals surface area contributed by atoms with Crippen LogP contribution in [-0.2, 0) is 4.79 Å². The van der Waals surface area contributed by atoms with Crippen molar-refractivity contribution in [2.75, 3.05) is 18.4 Å². The van der Waals surface area contributed by atoms with Crippen molar-refractivity contribution in [3.05, 3.63) is 30.6 Å². The van der Waals surface area contributed by atoms with Crippen LogP contribution in [0.4, 0.5) is 10.5 Å². The summed E-state index contributed by atoms with van der Waals surface area (Å²) in [5, 5.41) is 17.0. The highest BCUT2D eigenvalue weighted by Crippen LogP contribution is 2.22. The third-order valence-corrected chi connectivity index (χ3v) is 4.73. The van der Waals surface area contributed by atoms with Crippen molar-refractivity contribution in [3.8, 4) is 5.69 Å². The number of amides is 3. The Morgan fingerprint density at radius 1 is 1.12 bits per heavy atom. The first-order chi connectivity index (χ1) is 12.7. The minimum atomic E-state index is -0.187. The molecule has 2 heterocycles. The highest BCUT2D eigenvalue weighted by atomic mass is 16.2. The molecule has 0 spiro atoms. The van der Waals surface area contributed by atoms with E-state index in [9.17, 15) is 9.59 Å². The summed E-state index contributed by atoms with van der Waals surface area (Å²) in [6.45, 7) is 1.18. The van der Waals surface area contributed by atoms with E-state index in [1.807, 2.05) is 24.3 Å². The highest BCUT2D eigenvalue weighted by molar-refractivity contribution is 5.93. The SMILES string of the molecule is O=C(Nc1ccc(-n2cnnn2)cc1)C1CCCN(C(=O)NC2CC2)C1. The molecule has 1 saturated heterocycles. The van der Waals surface area contributed by atoms with Crippen LogP contribution >= 0.6 is 0 Å². The van der Waals surface area contributed by atoms with E-state index in [0.717, 1.165) is 31.4 Å². The van der Waals surface area contributed by atoms with Gasteiger partial charge in [0.15, 0.2) is 0 Å². The molecule has 2 aromatic rings. The lowest BCUT2D eigenvalue weighted by Gasteiger charge is -2.32. The minimum Gasteiger partial charge on any atom is -0.335 e. The molecular formula is C17H21N7O2. The molecule has 2 aliphatic rings. The molecule has 1 aliphatic heterocycles. The molecule has 3 amide bonds. The van der Waals surface area contributed by atoms with Crippen LogP contribution in [0.1, 0.15) is 25.7 Å². The van der Waals surface area contributed by atoms with Gasteiger partial charge in [-0.15, -0.1) is 5.10 Å². The number of carbonyl (C=O) groups excluding carboxylic acids is 2. The fourth-order valence-corrected chi connectivity index (χ4v) is 3.09. The molecular weight excluding hydrogens is 334 g/mol. The molecule has 1 unspecified atom stereocenters. The second-order valence-corrected chi connectivity index (χ2v) is 6.80. The van der Waals surface area contributed by atoms with Crippen LogP contribution in [0.15, 0.2) is 30.6 Å². The van der Waals surface area contributed by atoms with Gasteiger partial charge in [0.1, 0.15) is 6.33 Å². The predicted molar refractivity (Wildman–Crippen MR) is 93.6 cm³/mol. The summed E-state index contributed by atoms with van der Waals surface area (Å²) in [5.74, 6) is -0.239. The van der Waals surface area contributed by atoms with E-state index in [0.29, 0.717) is 24.8 Å². The van der Waals surface area contributed by atoms with Crippen molar-refractivity contribution in [2.45, 2.75) is 31.7 Å². The standard InChI is InChI=1S/C17H21N7O2/c25-16(12-2-1-9-23(10-12)17(26)20-14-3-4-14)19-13-5-7-15(8-6-13)24-11-18-21-22-24/h5-8,11-12,14H,1-4,9-10H2,(H,19,25)(H,20,26). The fourth-order valence-electron chi connectivity index (χ4n) is 3.09. The lowest BCUT2D eigenvalue weighted by molar-refractivity contribution is -0.121. The molecule has 4 rings (SSSR count). The summed E-state index contributed by atoms with van der Waals surface area (Å²) < 4.78 is 1.54. The summed E-state index contributed by atoms with van der Waals surface area (Å²) in [4.78, 5) is 26.5. The molecule has 1 atom stereocenters. The monoisotopic (exact) mass is 355 g/mol. The largest absolute Gasteiger partial charge is 0.335 e. The summed E-state index contributed by atoms with van der Waals surface area (Å²) in [6.07, 6.45) is 5.27. The highest BCUT2D eigenvalue weighted by Gasteiger charge is 2.31. The number of carbonyl (C=O) groups is 2. The molecule has 2 N–H and O–H groups in total. The van der Waals surface area contributed by atoms with Crippen molar-refractivity contribution < 1.29 is 9.59 Å². The van der Waals surface area contributed by atoms with Gasteiger partial charge < -0.3 is 15.5 Å². The molecule has 2 fully saturated rings. The van der Waals surface area contributed by atoms with Gasteiger partial charge in [-0.25, -0.2) is 9.48 Å². The van der Waals surface area contributed by atoms with Crippen LogP contribution in [0.25, 0.3) is 5.69 Å². The van der Waals surface area contributed by atoms with E-state index < -0.39 is 0 Å². The van der Waals surface area contributed by atoms with E-state index in [1.165, 1.54) is 6.33 Å². The number of hydrogen-bond acceptors (Lipinski definition) is 5. The van der Waals surface area contributed by atoms with Crippen LogP contribution in [0.3, 0.4) is 0 Å². The van der Waals surface area contributed by atoms with Crippen molar-refractivity contribution >= 4 is 17.6 Å². The molecule has 9 nitrogen and oxygen atoms in total. The van der Waals surface area contributed by atoms with Gasteiger partial charge in [-0.1, -0.05) is 0 Å². The zero-order valence-corrected chi connectivity index (χ0v) is 14.3. The number of benzene rings is 1. The summed E-state index contributed by atoms with van der Waals surface area (Å²) >= 11 is 0. The minimum absolute atomic E-state index is 0.0456. The third kappa shape index (κ3) is 3.81. The van der Waals surface area contributed by atoms with Gasteiger partial charge in [0.05, 0.1) is 11.6 Å². The summed E-state index contributed by atoms with van der Waals surface area (Å²) in [7, 11) is 0. The Balaban J connectivity index is 1.34. The first-order valence-corrected chi connectivity index (χ1v) is 8.89. The quantitative estimate of drug-likeness (QED) is 0.857. The summed E-state index contributed by atoms with van der Waals surface area (Å²) in [6, 6.07) is 7.58. The molecule has 1 aromatic carbocycles. The van der Waals surface area contributed by atoms with Crippen LogP contribution in [0.2, 0.25) is 0 Å². The van der Waals surface area contributed by atoms with E-state index in [4.69, 9.17) is 0 Å². The first kappa shape index (κ1) is 16.5. The van der Waals surface area contributed by atoms with Crippen LogP contribution in [-0.4, -0.2) is 56.2 Å². The maximum atomic E-state index is 12.6. The van der Waals surface area contributed by atoms with E-state index >= 15 is 0 Å². The van der Waals surface area contributed by atoms with Gasteiger partial charge >= 0.3 is 6.03 Å². The van der Waals surface area contributed by atoms with Gasteiger partial charge in [0, 0.05) is 24.8 Å². The number of nitrogens with zero attached hydrogens (tertiary/aromatic N) is 5. The third-order valence-electron chi connectivity index (χ3n) is 4.73. The second-order valence-electron chi connectivity index (χ2n) is 6.80. The number of urea groups is 1. The van der Waals surface area contributed by atoms with Crippen LogP contribution in [0.5, 0.6) is 0 Å². The van der Waals surface area contributed by atoms with Gasteiger partial charge in [0.25, 0.3) is 0 Å². The lowest BCUT2D eigenvalue weighted by Crippen LogP contribution is -2.48. The molecule has 9 heteroatoms. The molecule has 1 aliphatic carbocycles. The van der Waals surface area contributed by atoms with Gasteiger partial charge in [-0.05, 0) is 60.4 Å². The van der Waals surface area contributed by atoms with Gasteiger partial charge in [-0.3, -0.25) is 4.79 Å². The Kier molecular flexibility index (Phi) is 4.51. The Bertz CT molecular complexity index is 771. The number of anilines is 1. The average Bonchev–Trinajstić information content (AvgIpc) is 3.31. The van der Waals surface area contributed by atoms with Crippen LogP contribution in [0, 0.1) is 5.92 Å². The summed E-state index contributed by atoms with van der Waals surface area (Å²) in [5.41, 5.74) is 1.53. The van der Waals surface area contributed by atoms with Gasteiger partial charge in [0.2, 0.25) is 5.91 Å². The molecule has 0 radical (unpaired) electrons. The molecule has 1 aromatic heterocycles. The topological polar surface area (TPSA) is 105 Å². The zero-order chi connectivity index (χ0) is 17.9. The zero-order valence-electron chi connectivity index (χ0n) is 14.3. The molecule has 1 saturated carbocycles. The number of nitrogens with one attached hydrogen (secondary N) is 2. The molecule has 26 heavy (non-hydrogen) atoms. The first-order valence-electron chi connectivity index (χ1n) is 8.89. The van der Waals surface area contributed by atoms with E-state index in [1.54, 1.807) is 9.58 Å². The smallest absolute Gasteiger partial charge is 0.317 e. The lowest BCUT2D eigenvalue weighted by atomic mass is 9.97. The number of aromatic nitrogens is 4. The second kappa shape index (κ2) is 7.11. The van der Waals surface area contributed by atoms with Crippen molar-refractivity contribution in [1.82, 2.24) is 30.4 Å². The number of hydrogen-bond donors (Lipinski definition) is 2. The van der Waals surface area contributed by atoms with E-state index in [2.05, 4.69) is 26.2 Å². The van der Waals surface area contributed by atoms with Crippen molar-refractivity contribution in [2.24, 2.45) is 5.92 Å². The van der Waals surface area contributed by atoms with E-state index in [-0.39, 0.29) is 17.9 Å². The van der Waals surface area contributed by atoms with Crippen molar-refractivity contribution in [1.29, 1.82) is 0 Å². The fraction of sp³-hybridized carbons (Fsp3) is 0.471. The Labute approximate surface area is 150 Å². The number of tetrazole rings is 1. The normalized spacial score (nSPS) is 19.8. The molecule has 136 valence electrons.